The first-order chi connectivity index (χ1) is 8.09. The smallest absolute Gasteiger partial charge is 0.241 e. The molecule has 1 heterocycles. The Morgan fingerprint density at radius 1 is 1.41 bits per heavy atom. The lowest BCUT2D eigenvalue weighted by Gasteiger charge is -2.12. The molecule has 1 aromatic rings. The molecule has 1 aromatic carbocycles. The standard InChI is InChI=1S/C11H15BrN2O2S/c12-10-5-1-2-6-11(10)17(15,16)14-8-9-4-3-7-13-9/h1-2,5-6,9,13-14H,3-4,7-8H2. The Morgan fingerprint density at radius 2 is 2.18 bits per heavy atom. The fraction of sp³-hybridized carbons (Fsp3) is 0.455. The third-order valence-electron chi connectivity index (χ3n) is 2.81. The van der Waals surface area contributed by atoms with E-state index in [9.17, 15) is 8.42 Å². The highest BCUT2D eigenvalue weighted by molar-refractivity contribution is 9.10. The van der Waals surface area contributed by atoms with Crippen LogP contribution in [0.1, 0.15) is 12.8 Å². The maximum atomic E-state index is 12.0. The minimum atomic E-state index is -3.42. The van der Waals surface area contributed by atoms with E-state index in [4.69, 9.17) is 0 Å². The molecule has 0 saturated carbocycles. The van der Waals surface area contributed by atoms with Gasteiger partial charge < -0.3 is 5.32 Å². The number of halogens is 1. The van der Waals surface area contributed by atoms with Gasteiger partial charge in [0.25, 0.3) is 0 Å². The van der Waals surface area contributed by atoms with Crippen molar-refractivity contribution in [1.82, 2.24) is 10.0 Å². The maximum absolute atomic E-state index is 12.0. The van der Waals surface area contributed by atoms with E-state index in [-0.39, 0.29) is 10.9 Å². The van der Waals surface area contributed by atoms with Gasteiger partial charge in [-0.2, -0.15) is 0 Å². The molecule has 0 aromatic heterocycles. The number of nitrogens with one attached hydrogen (secondary N) is 2. The Labute approximate surface area is 110 Å². The van der Waals surface area contributed by atoms with E-state index < -0.39 is 10.0 Å². The van der Waals surface area contributed by atoms with Gasteiger partial charge in [-0.05, 0) is 47.4 Å². The minimum Gasteiger partial charge on any atom is -0.313 e. The van der Waals surface area contributed by atoms with Gasteiger partial charge >= 0.3 is 0 Å². The molecule has 2 N–H and O–H groups in total. The number of rotatable bonds is 4. The van der Waals surface area contributed by atoms with Crippen molar-refractivity contribution in [3.8, 4) is 0 Å². The Hall–Kier alpha value is -0.430. The fourth-order valence-electron chi connectivity index (χ4n) is 1.88. The largest absolute Gasteiger partial charge is 0.313 e. The Kier molecular flexibility index (Phi) is 4.19. The van der Waals surface area contributed by atoms with Crippen molar-refractivity contribution in [2.24, 2.45) is 0 Å². The Balaban J connectivity index is 2.06. The topological polar surface area (TPSA) is 58.2 Å². The molecule has 4 nitrogen and oxygen atoms in total. The molecule has 0 bridgehead atoms. The van der Waals surface area contributed by atoms with Crippen LogP contribution in [0.2, 0.25) is 0 Å². The molecular formula is C11H15BrN2O2S. The predicted octanol–water partition coefficient (Wildman–Crippen LogP) is 1.48. The molecule has 1 aliphatic rings. The predicted molar refractivity (Wildman–Crippen MR) is 70.4 cm³/mol. The monoisotopic (exact) mass is 318 g/mol. The number of hydrogen-bond donors (Lipinski definition) is 2. The molecule has 1 fully saturated rings. The van der Waals surface area contributed by atoms with Gasteiger partial charge in [0.2, 0.25) is 10.0 Å². The van der Waals surface area contributed by atoms with Crippen molar-refractivity contribution in [2.75, 3.05) is 13.1 Å². The van der Waals surface area contributed by atoms with E-state index in [1.54, 1.807) is 24.3 Å². The minimum absolute atomic E-state index is 0.257. The molecule has 2 rings (SSSR count). The number of sulfonamides is 1. The number of hydrogen-bond acceptors (Lipinski definition) is 3. The summed E-state index contributed by atoms with van der Waals surface area (Å²) in [7, 11) is -3.42. The lowest BCUT2D eigenvalue weighted by molar-refractivity contribution is 0.551. The van der Waals surface area contributed by atoms with Crippen molar-refractivity contribution in [2.45, 2.75) is 23.8 Å². The Bertz CT molecular complexity index is 484. The summed E-state index contributed by atoms with van der Waals surface area (Å²) in [5.74, 6) is 0. The normalized spacial score (nSPS) is 20.6. The zero-order chi connectivity index (χ0) is 12.3. The summed E-state index contributed by atoms with van der Waals surface area (Å²) in [6.45, 7) is 1.42. The highest BCUT2D eigenvalue weighted by Gasteiger charge is 2.20. The summed E-state index contributed by atoms with van der Waals surface area (Å²) in [6, 6.07) is 7.08. The summed E-state index contributed by atoms with van der Waals surface area (Å²) in [6.07, 6.45) is 2.14. The SMILES string of the molecule is O=S(=O)(NCC1CCCN1)c1ccccc1Br. The first kappa shape index (κ1) is 13.0. The quantitative estimate of drug-likeness (QED) is 0.884. The molecule has 1 atom stereocenters. The van der Waals surface area contributed by atoms with Crippen molar-refractivity contribution in [3.05, 3.63) is 28.7 Å². The first-order valence-electron chi connectivity index (χ1n) is 5.57. The summed E-state index contributed by atoms with van der Waals surface area (Å²) in [4.78, 5) is 0.290. The van der Waals surface area contributed by atoms with Gasteiger partial charge in [0.15, 0.2) is 0 Å². The lowest BCUT2D eigenvalue weighted by atomic mass is 10.2. The van der Waals surface area contributed by atoms with Gasteiger partial charge in [-0.1, -0.05) is 12.1 Å². The average molecular weight is 319 g/mol. The third kappa shape index (κ3) is 3.28. The molecule has 1 saturated heterocycles. The van der Waals surface area contributed by atoms with E-state index in [0.717, 1.165) is 19.4 Å². The molecule has 0 spiro atoms. The second-order valence-electron chi connectivity index (χ2n) is 4.08. The second kappa shape index (κ2) is 5.48. The van der Waals surface area contributed by atoms with Crippen molar-refractivity contribution in [3.63, 3.8) is 0 Å². The van der Waals surface area contributed by atoms with E-state index in [0.29, 0.717) is 11.0 Å². The summed E-state index contributed by atoms with van der Waals surface area (Å²) in [5.41, 5.74) is 0. The highest BCUT2D eigenvalue weighted by atomic mass is 79.9. The molecule has 0 amide bonds. The van der Waals surface area contributed by atoms with E-state index in [1.165, 1.54) is 0 Å². The summed E-state index contributed by atoms with van der Waals surface area (Å²) in [5, 5.41) is 3.26. The van der Waals surface area contributed by atoms with E-state index in [2.05, 4.69) is 26.0 Å². The molecule has 0 radical (unpaired) electrons. The highest BCUT2D eigenvalue weighted by Crippen LogP contribution is 2.20. The summed E-state index contributed by atoms with van der Waals surface area (Å²) < 4.78 is 27.3. The van der Waals surface area contributed by atoms with Gasteiger partial charge in [0.1, 0.15) is 0 Å². The Morgan fingerprint density at radius 3 is 2.82 bits per heavy atom. The summed E-state index contributed by atoms with van der Waals surface area (Å²) >= 11 is 3.25. The van der Waals surface area contributed by atoms with Crippen molar-refractivity contribution < 1.29 is 8.42 Å². The van der Waals surface area contributed by atoms with Crippen LogP contribution < -0.4 is 10.0 Å². The molecule has 17 heavy (non-hydrogen) atoms. The molecule has 6 heteroatoms. The zero-order valence-corrected chi connectivity index (χ0v) is 11.7. The molecule has 94 valence electrons. The van der Waals surface area contributed by atoms with Crippen LogP contribution in [0, 0.1) is 0 Å². The molecule has 1 unspecified atom stereocenters. The molecule has 0 aliphatic carbocycles. The van der Waals surface area contributed by atoms with Crippen LogP contribution >= 0.6 is 15.9 Å². The van der Waals surface area contributed by atoms with Crippen LogP contribution in [0.25, 0.3) is 0 Å². The number of benzene rings is 1. The van der Waals surface area contributed by atoms with Crippen molar-refractivity contribution >= 4 is 26.0 Å². The van der Waals surface area contributed by atoms with Gasteiger partial charge in [-0.3, -0.25) is 0 Å². The van der Waals surface area contributed by atoms with Crippen LogP contribution in [0.4, 0.5) is 0 Å². The second-order valence-corrected chi connectivity index (χ2v) is 6.67. The zero-order valence-electron chi connectivity index (χ0n) is 9.32. The van der Waals surface area contributed by atoms with Gasteiger partial charge in [-0.15, -0.1) is 0 Å². The molecular weight excluding hydrogens is 304 g/mol. The molecule has 1 aliphatic heterocycles. The van der Waals surface area contributed by atoms with Gasteiger partial charge in [0.05, 0.1) is 4.90 Å². The fourth-order valence-corrected chi connectivity index (χ4v) is 3.96. The lowest BCUT2D eigenvalue weighted by Crippen LogP contribution is -2.37. The maximum Gasteiger partial charge on any atom is 0.241 e. The van der Waals surface area contributed by atoms with Gasteiger partial charge in [0, 0.05) is 17.1 Å². The average Bonchev–Trinajstić information content (AvgIpc) is 2.80. The van der Waals surface area contributed by atoms with E-state index >= 15 is 0 Å². The third-order valence-corrected chi connectivity index (χ3v) is 5.24. The van der Waals surface area contributed by atoms with Crippen LogP contribution in [0.5, 0.6) is 0 Å². The van der Waals surface area contributed by atoms with Crippen LogP contribution in [-0.2, 0) is 10.0 Å². The van der Waals surface area contributed by atoms with Crippen LogP contribution in [-0.4, -0.2) is 27.5 Å². The van der Waals surface area contributed by atoms with Crippen LogP contribution in [0.3, 0.4) is 0 Å². The van der Waals surface area contributed by atoms with Crippen molar-refractivity contribution in [1.29, 1.82) is 0 Å². The first-order valence-corrected chi connectivity index (χ1v) is 7.85. The van der Waals surface area contributed by atoms with E-state index in [1.807, 2.05) is 0 Å². The van der Waals surface area contributed by atoms with Gasteiger partial charge in [-0.25, -0.2) is 13.1 Å². The van der Waals surface area contributed by atoms with Crippen LogP contribution in [0.15, 0.2) is 33.6 Å².